The predicted molar refractivity (Wildman–Crippen MR) is 107 cm³/mol. The van der Waals surface area contributed by atoms with Crippen LogP contribution >= 0.6 is 0 Å². The highest BCUT2D eigenvalue weighted by atomic mass is 28.4. The van der Waals surface area contributed by atoms with Gasteiger partial charge in [0.15, 0.2) is 16.6 Å². The van der Waals surface area contributed by atoms with Crippen molar-refractivity contribution in [1.29, 1.82) is 0 Å². The molecular weight excluding hydrogens is 316 g/mol. The summed E-state index contributed by atoms with van der Waals surface area (Å²) in [6.07, 6.45) is 1.11. The van der Waals surface area contributed by atoms with E-state index in [0.717, 1.165) is 19.6 Å². The molecule has 0 bridgehead atoms. The molecular formula is C19H40O2Si2. The normalized spacial score (nSPS) is 23.8. The van der Waals surface area contributed by atoms with Crippen LogP contribution in [0.4, 0.5) is 0 Å². The highest BCUT2D eigenvalue weighted by Crippen LogP contribution is 2.44. The second-order valence-corrected chi connectivity index (χ2v) is 20.0. The van der Waals surface area contributed by atoms with E-state index in [0.29, 0.717) is 11.8 Å². The molecule has 0 N–H and O–H groups in total. The Morgan fingerprint density at radius 1 is 0.870 bits per heavy atom. The van der Waals surface area contributed by atoms with Crippen molar-refractivity contribution in [3.05, 3.63) is 12.2 Å². The fourth-order valence-corrected chi connectivity index (χ4v) is 4.37. The van der Waals surface area contributed by atoms with Crippen LogP contribution in [-0.2, 0) is 8.85 Å². The van der Waals surface area contributed by atoms with Crippen molar-refractivity contribution >= 4 is 16.6 Å². The largest absolute Gasteiger partial charge is 0.417 e. The van der Waals surface area contributed by atoms with E-state index in [1.54, 1.807) is 0 Å². The van der Waals surface area contributed by atoms with Gasteiger partial charge in [0.25, 0.3) is 0 Å². The summed E-state index contributed by atoms with van der Waals surface area (Å²) < 4.78 is 12.9. The van der Waals surface area contributed by atoms with Gasteiger partial charge in [-0.05, 0) is 48.6 Å². The molecule has 1 fully saturated rings. The monoisotopic (exact) mass is 356 g/mol. The van der Waals surface area contributed by atoms with Gasteiger partial charge in [0, 0.05) is 19.1 Å². The molecule has 1 rings (SSSR count). The number of hydrogen-bond acceptors (Lipinski definition) is 2. The minimum Gasteiger partial charge on any atom is -0.417 e. The van der Waals surface area contributed by atoms with Crippen molar-refractivity contribution in [2.45, 2.75) is 84.2 Å². The molecule has 136 valence electrons. The van der Waals surface area contributed by atoms with Crippen LogP contribution in [-0.4, -0.2) is 29.8 Å². The Morgan fingerprint density at radius 3 is 1.61 bits per heavy atom. The van der Waals surface area contributed by atoms with Crippen molar-refractivity contribution in [2.24, 2.45) is 11.8 Å². The lowest BCUT2D eigenvalue weighted by Crippen LogP contribution is -2.47. The van der Waals surface area contributed by atoms with Crippen molar-refractivity contribution in [3.8, 4) is 0 Å². The van der Waals surface area contributed by atoms with Crippen LogP contribution in [0.15, 0.2) is 12.2 Å². The molecule has 1 aliphatic carbocycles. The Labute approximate surface area is 147 Å². The first kappa shape index (κ1) is 21.1. The SMILES string of the molecule is C=C1CC(CO[Si](C)(C)C(C)(C)C)C1CO[Si](C)(C)C(C)(C)C. The van der Waals surface area contributed by atoms with Crippen molar-refractivity contribution < 1.29 is 8.85 Å². The van der Waals surface area contributed by atoms with Gasteiger partial charge >= 0.3 is 0 Å². The summed E-state index contributed by atoms with van der Waals surface area (Å²) in [6, 6.07) is 0. The van der Waals surface area contributed by atoms with E-state index >= 15 is 0 Å². The molecule has 0 amide bonds. The topological polar surface area (TPSA) is 18.5 Å². The second kappa shape index (κ2) is 6.77. The highest BCUT2D eigenvalue weighted by Gasteiger charge is 2.43. The Kier molecular flexibility index (Phi) is 6.23. The third-order valence-corrected chi connectivity index (χ3v) is 15.5. The molecule has 1 aliphatic rings. The lowest BCUT2D eigenvalue weighted by Gasteiger charge is -2.45. The van der Waals surface area contributed by atoms with E-state index in [1.165, 1.54) is 5.57 Å². The first-order valence-electron chi connectivity index (χ1n) is 9.04. The van der Waals surface area contributed by atoms with Gasteiger partial charge in [-0.15, -0.1) is 0 Å². The fourth-order valence-electron chi connectivity index (χ4n) is 2.28. The molecule has 0 radical (unpaired) electrons. The smallest absolute Gasteiger partial charge is 0.192 e. The second-order valence-electron chi connectivity index (χ2n) is 10.4. The maximum atomic E-state index is 6.43. The Morgan fingerprint density at radius 2 is 1.26 bits per heavy atom. The van der Waals surface area contributed by atoms with Gasteiger partial charge in [0.2, 0.25) is 0 Å². The van der Waals surface area contributed by atoms with Gasteiger partial charge in [0.1, 0.15) is 0 Å². The van der Waals surface area contributed by atoms with Crippen molar-refractivity contribution in [3.63, 3.8) is 0 Å². The van der Waals surface area contributed by atoms with Crippen LogP contribution in [0.25, 0.3) is 0 Å². The average Bonchev–Trinajstić information content (AvgIpc) is 2.31. The molecule has 0 aromatic heterocycles. The van der Waals surface area contributed by atoms with Gasteiger partial charge in [0.05, 0.1) is 0 Å². The molecule has 2 nitrogen and oxygen atoms in total. The van der Waals surface area contributed by atoms with Gasteiger partial charge in [-0.2, -0.15) is 0 Å². The quantitative estimate of drug-likeness (QED) is 0.415. The van der Waals surface area contributed by atoms with Crippen LogP contribution in [0.1, 0.15) is 48.0 Å². The van der Waals surface area contributed by atoms with Crippen molar-refractivity contribution in [2.75, 3.05) is 13.2 Å². The number of rotatable bonds is 6. The summed E-state index contributed by atoms with van der Waals surface area (Å²) in [6.45, 7) is 29.1. The third-order valence-electron chi connectivity index (χ3n) is 6.51. The average molecular weight is 357 g/mol. The van der Waals surface area contributed by atoms with E-state index in [9.17, 15) is 0 Å². The minimum atomic E-state index is -1.67. The Balaban J connectivity index is 2.56. The molecule has 0 spiro atoms. The zero-order chi connectivity index (χ0) is 18.3. The van der Waals surface area contributed by atoms with Crippen LogP contribution in [0, 0.1) is 11.8 Å². The summed E-state index contributed by atoms with van der Waals surface area (Å²) in [5.41, 5.74) is 1.35. The molecule has 23 heavy (non-hydrogen) atoms. The maximum absolute atomic E-state index is 6.43. The summed E-state index contributed by atoms with van der Waals surface area (Å²) in [4.78, 5) is 0. The molecule has 2 atom stereocenters. The van der Waals surface area contributed by atoms with E-state index in [-0.39, 0.29) is 10.1 Å². The zero-order valence-electron chi connectivity index (χ0n) is 17.3. The van der Waals surface area contributed by atoms with Gasteiger partial charge in [-0.1, -0.05) is 53.7 Å². The third kappa shape index (κ3) is 5.03. The van der Waals surface area contributed by atoms with E-state index in [2.05, 4.69) is 74.3 Å². The predicted octanol–water partition coefficient (Wildman–Crippen LogP) is 6.22. The first-order chi connectivity index (χ1) is 10.1. The summed E-state index contributed by atoms with van der Waals surface area (Å²) >= 11 is 0. The molecule has 0 saturated heterocycles. The number of hydrogen-bond donors (Lipinski definition) is 0. The Hall–Kier alpha value is 0.0938. The maximum Gasteiger partial charge on any atom is 0.192 e. The molecule has 4 heteroatoms. The molecule has 0 aromatic rings. The summed E-state index contributed by atoms with van der Waals surface area (Å²) in [5, 5.41) is 0.548. The van der Waals surface area contributed by atoms with Crippen LogP contribution in [0.3, 0.4) is 0 Å². The standard InChI is InChI=1S/C19H40O2Si2/c1-15-12-16(13-20-22(8,9)18(2,3)4)17(15)14-21-23(10,11)19(5,6)7/h16-17H,1,12-14H2,2-11H3. The minimum absolute atomic E-state index is 0.269. The van der Waals surface area contributed by atoms with Gasteiger partial charge in [-0.3, -0.25) is 0 Å². The highest BCUT2D eigenvalue weighted by molar-refractivity contribution is 6.74. The van der Waals surface area contributed by atoms with Crippen LogP contribution in [0.2, 0.25) is 36.3 Å². The lowest BCUT2D eigenvalue weighted by molar-refractivity contribution is 0.103. The molecule has 0 aromatic carbocycles. The zero-order valence-corrected chi connectivity index (χ0v) is 19.3. The van der Waals surface area contributed by atoms with Gasteiger partial charge in [-0.25, -0.2) is 0 Å². The van der Waals surface area contributed by atoms with Crippen molar-refractivity contribution in [1.82, 2.24) is 0 Å². The van der Waals surface area contributed by atoms with Crippen LogP contribution in [0.5, 0.6) is 0 Å². The summed E-state index contributed by atoms with van der Waals surface area (Å²) in [7, 11) is -3.32. The van der Waals surface area contributed by atoms with E-state index < -0.39 is 16.6 Å². The fraction of sp³-hybridized carbons (Fsp3) is 0.895. The van der Waals surface area contributed by atoms with Gasteiger partial charge < -0.3 is 8.85 Å². The molecule has 1 saturated carbocycles. The van der Waals surface area contributed by atoms with Crippen LogP contribution < -0.4 is 0 Å². The summed E-state index contributed by atoms with van der Waals surface area (Å²) in [5.74, 6) is 1.09. The molecule has 0 aliphatic heterocycles. The molecule has 0 heterocycles. The molecule has 2 unspecified atom stereocenters. The van der Waals surface area contributed by atoms with E-state index in [4.69, 9.17) is 8.85 Å². The lowest BCUT2D eigenvalue weighted by atomic mass is 9.71. The Bertz CT molecular complexity index is 428. The first-order valence-corrected chi connectivity index (χ1v) is 14.9. The van der Waals surface area contributed by atoms with E-state index in [1.807, 2.05) is 0 Å².